The highest BCUT2D eigenvalue weighted by molar-refractivity contribution is 5.92. The zero-order valence-corrected chi connectivity index (χ0v) is 10.9. The maximum atomic E-state index is 13.4. The third-order valence-electron chi connectivity index (χ3n) is 3.40. The van der Waals surface area contributed by atoms with E-state index in [9.17, 15) is 18.4 Å². The number of likely N-dealkylation sites (tertiary alicyclic amines) is 1. The lowest BCUT2D eigenvalue weighted by molar-refractivity contribution is -0.117. The Hall–Kier alpha value is -1.82. The highest BCUT2D eigenvalue weighted by Crippen LogP contribution is 2.16. The summed E-state index contributed by atoms with van der Waals surface area (Å²) in [5.41, 5.74) is -0.0285. The maximum Gasteiger partial charge on any atom is 0.238 e. The Morgan fingerprint density at radius 1 is 1.35 bits per heavy atom. The van der Waals surface area contributed by atoms with Crippen molar-refractivity contribution in [1.82, 2.24) is 4.90 Å². The predicted octanol–water partition coefficient (Wildman–Crippen LogP) is 1.81. The molecule has 0 unspecified atom stereocenters. The molecule has 0 aromatic heterocycles. The summed E-state index contributed by atoms with van der Waals surface area (Å²) < 4.78 is 26.1. The van der Waals surface area contributed by atoms with Gasteiger partial charge in [0, 0.05) is 12.0 Å². The van der Waals surface area contributed by atoms with Crippen LogP contribution in [-0.2, 0) is 9.59 Å². The lowest BCUT2D eigenvalue weighted by atomic mass is 9.99. The molecular weight excluding hydrogens is 266 g/mol. The zero-order chi connectivity index (χ0) is 14.5. The molecule has 1 aliphatic heterocycles. The van der Waals surface area contributed by atoms with E-state index in [1.54, 1.807) is 0 Å². The smallest absolute Gasteiger partial charge is 0.238 e. The van der Waals surface area contributed by atoms with Gasteiger partial charge < -0.3 is 10.1 Å². The van der Waals surface area contributed by atoms with Crippen molar-refractivity contribution >= 4 is 17.9 Å². The molecule has 4 nitrogen and oxygen atoms in total. The Kier molecular flexibility index (Phi) is 4.79. The lowest BCUT2D eigenvalue weighted by Gasteiger charge is -2.28. The molecule has 2 rings (SSSR count). The van der Waals surface area contributed by atoms with Crippen LogP contribution in [-0.4, -0.2) is 36.7 Å². The molecule has 0 spiro atoms. The van der Waals surface area contributed by atoms with Crippen LogP contribution in [0.4, 0.5) is 14.5 Å². The maximum absolute atomic E-state index is 13.4. The van der Waals surface area contributed by atoms with Crippen LogP contribution < -0.4 is 5.32 Å². The number of carbonyl (C=O) groups excluding carboxylic acids is 2. The van der Waals surface area contributed by atoms with E-state index in [4.69, 9.17) is 0 Å². The summed E-state index contributed by atoms with van der Waals surface area (Å²) in [5.74, 6) is -1.75. The molecule has 0 saturated carbocycles. The second kappa shape index (κ2) is 6.56. The van der Waals surface area contributed by atoms with Gasteiger partial charge >= 0.3 is 0 Å². The van der Waals surface area contributed by atoms with Gasteiger partial charge in [0.15, 0.2) is 0 Å². The molecular formula is C14H16F2N2O2. The van der Waals surface area contributed by atoms with Crippen LogP contribution in [0.1, 0.15) is 12.8 Å². The first kappa shape index (κ1) is 14.6. The van der Waals surface area contributed by atoms with Crippen molar-refractivity contribution in [3.8, 4) is 0 Å². The molecule has 0 aliphatic carbocycles. The van der Waals surface area contributed by atoms with Crippen molar-refractivity contribution in [2.45, 2.75) is 12.8 Å². The molecule has 1 amide bonds. The van der Waals surface area contributed by atoms with Gasteiger partial charge in [-0.25, -0.2) is 8.78 Å². The van der Waals surface area contributed by atoms with E-state index in [-0.39, 0.29) is 24.1 Å². The van der Waals surface area contributed by atoms with Crippen molar-refractivity contribution in [2.24, 2.45) is 5.92 Å². The minimum atomic E-state index is -0.794. The average molecular weight is 282 g/mol. The van der Waals surface area contributed by atoms with E-state index in [0.29, 0.717) is 13.1 Å². The molecule has 0 radical (unpaired) electrons. The summed E-state index contributed by atoms with van der Waals surface area (Å²) >= 11 is 0. The number of amides is 1. The Morgan fingerprint density at radius 3 is 2.65 bits per heavy atom. The third-order valence-corrected chi connectivity index (χ3v) is 3.40. The second-order valence-electron chi connectivity index (χ2n) is 4.92. The molecule has 108 valence electrons. The fourth-order valence-electron chi connectivity index (χ4n) is 2.23. The highest BCUT2D eigenvalue weighted by atomic mass is 19.1. The molecule has 0 atom stereocenters. The molecule has 1 fully saturated rings. The molecule has 1 saturated heterocycles. The molecule has 1 aromatic carbocycles. The highest BCUT2D eigenvalue weighted by Gasteiger charge is 2.20. The summed E-state index contributed by atoms with van der Waals surface area (Å²) in [5, 5.41) is 2.42. The number of benzene rings is 1. The first-order valence-electron chi connectivity index (χ1n) is 6.51. The number of aldehydes is 1. The summed E-state index contributed by atoms with van der Waals surface area (Å²) in [6.45, 7) is 1.48. The Bertz CT molecular complexity index is 500. The van der Waals surface area contributed by atoms with Crippen LogP contribution in [0.3, 0.4) is 0 Å². The first-order chi connectivity index (χ1) is 9.58. The van der Waals surface area contributed by atoms with Gasteiger partial charge in [0.05, 0.1) is 12.2 Å². The number of rotatable bonds is 4. The van der Waals surface area contributed by atoms with Gasteiger partial charge in [0.2, 0.25) is 5.91 Å². The van der Waals surface area contributed by atoms with Crippen LogP contribution in [0.5, 0.6) is 0 Å². The predicted molar refractivity (Wildman–Crippen MR) is 70.2 cm³/mol. The van der Waals surface area contributed by atoms with Crippen LogP contribution in [0.2, 0.25) is 0 Å². The first-order valence-corrected chi connectivity index (χ1v) is 6.51. The number of hydrogen-bond donors (Lipinski definition) is 1. The Labute approximate surface area is 115 Å². The van der Waals surface area contributed by atoms with Crippen molar-refractivity contribution in [3.63, 3.8) is 0 Å². The van der Waals surface area contributed by atoms with E-state index in [1.165, 1.54) is 6.07 Å². The number of nitrogens with zero attached hydrogens (tertiary/aromatic N) is 1. The van der Waals surface area contributed by atoms with Gasteiger partial charge in [-0.05, 0) is 38.1 Å². The Balaban J connectivity index is 1.85. The SMILES string of the molecule is O=CC1CCN(CC(=O)Nc2ccc(F)cc2F)CC1. The van der Waals surface area contributed by atoms with E-state index >= 15 is 0 Å². The summed E-state index contributed by atoms with van der Waals surface area (Å²) in [6.07, 6.45) is 2.43. The molecule has 20 heavy (non-hydrogen) atoms. The van der Waals surface area contributed by atoms with E-state index in [0.717, 1.165) is 31.3 Å². The fraction of sp³-hybridized carbons (Fsp3) is 0.429. The molecule has 1 aliphatic rings. The summed E-state index contributed by atoms with van der Waals surface area (Å²) in [7, 11) is 0. The fourth-order valence-corrected chi connectivity index (χ4v) is 2.23. The quantitative estimate of drug-likeness (QED) is 0.857. The number of nitrogens with one attached hydrogen (secondary N) is 1. The molecule has 1 aromatic rings. The van der Waals surface area contributed by atoms with Crippen LogP contribution in [0.25, 0.3) is 0 Å². The van der Waals surface area contributed by atoms with Gasteiger partial charge in [0.25, 0.3) is 0 Å². The van der Waals surface area contributed by atoms with Gasteiger partial charge in [-0.2, -0.15) is 0 Å². The minimum Gasteiger partial charge on any atom is -0.322 e. The van der Waals surface area contributed by atoms with E-state index in [1.807, 2.05) is 4.90 Å². The third kappa shape index (κ3) is 3.84. The van der Waals surface area contributed by atoms with Crippen molar-refractivity contribution < 1.29 is 18.4 Å². The van der Waals surface area contributed by atoms with Crippen molar-refractivity contribution in [3.05, 3.63) is 29.8 Å². The number of hydrogen-bond acceptors (Lipinski definition) is 3. The number of anilines is 1. The summed E-state index contributed by atoms with van der Waals surface area (Å²) in [6, 6.07) is 3.01. The van der Waals surface area contributed by atoms with Crippen LogP contribution in [0.15, 0.2) is 18.2 Å². The largest absolute Gasteiger partial charge is 0.322 e. The van der Waals surface area contributed by atoms with E-state index in [2.05, 4.69) is 5.32 Å². The monoisotopic (exact) mass is 282 g/mol. The lowest BCUT2D eigenvalue weighted by Crippen LogP contribution is -2.39. The summed E-state index contributed by atoms with van der Waals surface area (Å²) in [4.78, 5) is 24.3. The topological polar surface area (TPSA) is 49.4 Å². The standard InChI is InChI=1S/C14H16F2N2O2/c15-11-1-2-13(12(16)7-11)17-14(20)8-18-5-3-10(9-19)4-6-18/h1-2,7,9-10H,3-6,8H2,(H,17,20). The molecule has 1 heterocycles. The van der Waals surface area contributed by atoms with Gasteiger partial charge in [-0.15, -0.1) is 0 Å². The Morgan fingerprint density at radius 2 is 2.05 bits per heavy atom. The zero-order valence-electron chi connectivity index (χ0n) is 10.9. The molecule has 6 heteroatoms. The number of halogens is 2. The molecule has 1 N–H and O–H groups in total. The van der Waals surface area contributed by atoms with Gasteiger partial charge in [0.1, 0.15) is 17.9 Å². The van der Waals surface area contributed by atoms with Crippen LogP contribution >= 0.6 is 0 Å². The van der Waals surface area contributed by atoms with Gasteiger partial charge in [-0.3, -0.25) is 9.69 Å². The van der Waals surface area contributed by atoms with Gasteiger partial charge in [-0.1, -0.05) is 0 Å². The number of piperidine rings is 1. The van der Waals surface area contributed by atoms with Crippen molar-refractivity contribution in [1.29, 1.82) is 0 Å². The van der Waals surface area contributed by atoms with Crippen LogP contribution in [0, 0.1) is 17.6 Å². The number of carbonyl (C=O) groups is 2. The average Bonchev–Trinajstić information content (AvgIpc) is 2.43. The normalized spacial score (nSPS) is 16.9. The van der Waals surface area contributed by atoms with E-state index < -0.39 is 11.6 Å². The molecule has 0 bridgehead atoms. The second-order valence-corrected chi connectivity index (χ2v) is 4.92. The minimum absolute atomic E-state index is 0.0285. The van der Waals surface area contributed by atoms with Crippen molar-refractivity contribution in [2.75, 3.05) is 25.0 Å².